The van der Waals surface area contributed by atoms with Gasteiger partial charge in [0.05, 0.1) is 6.61 Å². The molecule has 19 heavy (non-hydrogen) atoms. The molecule has 3 nitrogen and oxygen atoms in total. The summed E-state index contributed by atoms with van der Waals surface area (Å²) < 4.78 is 53.5. The van der Waals surface area contributed by atoms with E-state index in [1.54, 1.807) is 11.3 Å². The van der Waals surface area contributed by atoms with Crippen molar-refractivity contribution in [3.63, 3.8) is 0 Å². The normalized spacial score (nSPS) is 14.0. The molecule has 0 spiro atoms. The van der Waals surface area contributed by atoms with Crippen molar-refractivity contribution in [3.8, 4) is 0 Å². The van der Waals surface area contributed by atoms with Crippen LogP contribution in [-0.2, 0) is 11.2 Å². The van der Waals surface area contributed by atoms with Crippen molar-refractivity contribution in [1.82, 2.24) is 5.43 Å². The molecule has 1 aromatic rings. The number of nitrogens with one attached hydrogen (secondary N) is 1. The second-order valence-corrected chi connectivity index (χ2v) is 4.89. The van der Waals surface area contributed by atoms with Gasteiger partial charge in [0.25, 0.3) is 0 Å². The summed E-state index contributed by atoms with van der Waals surface area (Å²) in [4.78, 5) is 0. The minimum Gasteiger partial charge on any atom is -0.373 e. The molecule has 0 saturated carbocycles. The predicted molar refractivity (Wildman–Crippen MR) is 65.5 cm³/mol. The lowest BCUT2D eigenvalue weighted by Gasteiger charge is -2.19. The van der Waals surface area contributed by atoms with E-state index in [1.165, 1.54) is 0 Å². The molecule has 0 aliphatic rings. The Bertz CT molecular complexity index is 348. The molecule has 1 heterocycles. The van der Waals surface area contributed by atoms with Gasteiger partial charge in [-0.3, -0.25) is 11.3 Å². The van der Waals surface area contributed by atoms with Gasteiger partial charge in [-0.1, -0.05) is 0 Å². The quantitative estimate of drug-likeness (QED) is 0.418. The summed E-state index contributed by atoms with van der Waals surface area (Å²) in [5.74, 6) is 1.14. The third-order valence-electron chi connectivity index (χ3n) is 2.53. The van der Waals surface area contributed by atoms with Crippen LogP contribution in [0, 0.1) is 0 Å². The maximum absolute atomic E-state index is 12.6. The van der Waals surface area contributed by atoms with Crippen molar-refractivity contribution in [2.75, 3.05) is 13.2 Å². The Morgan fingerprint density at radius 3 is 2.68 bits per heavy atom. The molecule has 8 heteroatoms. The van der Waals surface area contributed by atoms with Gasteiger partial charge >= 0.3 is 12.3 Å². The van der Waals surface area contributed by atoms with Gasteiger partial charge < -0.3 is 4.74 Å². The number of thiophene rings is 1. The van der Waals surface area contributed by atoms with E-state index in [1.807, 2.05) is 16.8 Å². The molecule has 110 valence electrons. The van der Waals surface area contributed by atoms with Crippen LogP contribution in [0.1, 0.15) is 12.0 Å². The average Bonchev–Trinajstić information content (AvgIpc) is 2.86. The summed E-state index contributed by atoms with van der Waals surface area (Å²) in [6.45, 7) is -1.44. The molecular weight excluding hydrogens is 284 g/mol. The van der Waals surface area contributed by atoms with Gasteiger partial charge in [-0.2, -0.15) is 20.1 Å². The number of ether oxygens (including phenoxy) is 1. The number of rotatable bonds is 9. The van der Waals surface area contributed by atoms with Crippen LogP contribution < -0.4 is 11.3 Å². The predicted octanol–water partition coefficient (Wildman–Crippen LogP) is 2.43. The molecule has 0 radical (unpaired) electrons. The standard InChI is InChI=1S/C11H16F4N2OS/c12-10(13)11(14,15)7-18-5-9(17-16)2-1-8-3-4-19-6-8/h3-4,6,9-10,17H,1-2,5,7,16H2. The third-order valence-corrected chi connectivity index (χ3v) is 3.26. The number of nitrogens with two attached hydrogens (primary N) is 1. The topological polar surface area (TPSA) is 47.3 Å². The first-order chi connectivity index (χ1) is 8.95. The number of halogens is 4. The van der Waals surface area contributed by atoms with E-state index in [4.69, 9.17) is 5.84 Å². The van der Waals surface area contributed by atoms with Crippen LogP contribution in [0.15, 0.2) is 16.8 Å². The van der Waals surface area contributed by atoms with Gasteiger partial charge in [0.1, 0.15) is 6.61 Å². The molecule has 1 unspecified atom stereocenters. The molecule has 0 aliphatic heterocycles. The van der Waals surface area contributed by atoms with Crippen LogP contribution in [0.2, 0.25) is 0 Å². The zero-order chi connectivity index (χ0) is 14.3. The van der Waals surface area contributed by atoms with Crippen molar-refractivity contribution < 1.29 is 22.3 Å². The Hall–Kier alpha value is -0.700. The van der Waals surface area contributed by atoms with Gasteiger partial charge in [0.15, 0.2) is 0 Å². The molecule has 0 bridgehead atoms. The Labute approximate surface area is 112 Å². The van der Waals surface area contributed by atoms with E-state index in [-0.39, 0.29) is 12.6 Å². The lowest BCUT2D eigenvalue weighted by atomic mass is 10.1. The number of hydrazine groups is 1. The maximum Gasteiger partial charge on any atom is 0.330 e. The summed E-state index contributed by atoms with van der Waals surface area (Å²) in [5, 5.41) is 3.90. The fraction of sp³-hybridized carbons (Fsp3) is 0.636. The second-order valence-electron chi connectivity index (χ2n) is 4.11. The number of hydrogen-bond acceptors (Lipinski definition) is 4. The molecule has 3 N–H and O–H groups in total. The van der Waals surface area contributed by atoms with Crippen LogP contribution in [0.4, 0.5) is 17.6 Å². The summed E-state index contributed by atoms with van der Waals surface area (Å²) in [5.41, 5.74) is 3.54. The van der Waals surface area contributed by atoms with Gasteiger partial charge in [-0.25, -0.2) is 8.78 Å². The first kappa shape index (κ1) is 16.4. The molecule has 1 atom stereocenters. The SMILES string of the molecule is NNC(CCc1ccsc1)COCC(F)(F)C(F)F. The summed E-state index contributed by atoms with van der Waals surface area (Å²) in [7, 11) is 0. The minimum atomic E-state index is -4.12. The highest BCUT2D eigenvalue weighted by Crippen LogP contribution is 2.22. The van der Waals surface area contributed by atoms with Crippen LogP contribution in [0.3, 0.4) is 0 Å². The number of aryl methyl sites for hydroxylation is 1. The Kier molecular flexibility index (Phi) is 6.70. The Morgan fingerprint density at radius 2 is 2.16 bits per heavy atom. The minimum absolute atomic E-state index is 0.136. The molecule has 0 aromatic carbocycles. The molecule has 0 aliphatic carbocycles. The van der Waals surface area contributed by atoms with E-state index in [0.29, 0.717) is 12.8 Å². The third kappa shape index (κ3) is 5.85. The zero-order valence-corrected chi connectivity index (χ0v) is 10.9. The van der Waals surface area contributed by atoms with Gasteiger partial charge in [-0.15, -0.1) is 0 Å². The highest BCUT2D eigenvalue weighted by molar-refractivity contribution is 7.07. The van der Waals surface area contributed by atoms with Crippen molar-refractivity contribution in [3.05, 3.63) is 22.4 Å². The van der Waals surface area contributed by atoms with Crippen molar-refractivity contribution in [1.29, 1.82) is 0 Å². The van der Waals surface area contributed by atoms with E-state index >= 15 is 0 Å². The molecular formula is C11H16F4N2OS. The second kappa shape index (κ2) is 7.78. The van der Waals surface area contributed by atoms with E-state index < -0.39 is 19.0 Å². The van der Waals surface area contributed by atoms with Crippen molar-refractivity contribution in [2.45, 2.75) is 31.2 Å². The highest BCUT2D eigenvalue weighted by Gasteiger charge is 2.41. The fourth-order valence-electron chi connectivity index (χ4n) is 1.39. The highest BCUT2D eigenvalue weighted by atomic mass is 32.1. The zero-order valence-electron chi connectivity index (χ0n) is 10.1. The van der Waals surface area contributed by atoms with E-state index in [9.17, 15) is 17.6 Å². The smallest absolute Gasteiger partial charge is 0.330 e. The van der Waals surface area contributed by atoms with E-state index in [2.05, 4.69) is 10.2 Å². The molecule has 0 amide bonds. The summed E-state index contributed by atoms with van der Waals surface area (Å²) >= 11 is 1.56. The Balaban J connectivity index is 2.25. The molecule has 0 saturated heterocycles. The molecule has 1 aromatic heterocycles. The largest absolute Gasteiger partial charge is 0.373 e. The fourth-order valence-corrected chi connectivity index (χ4v) is 2.09. The van der Waals surface area contributed by atoms with E-state index in [0.717, 1.165) is 5.56 Å². The van der Waals surface area contributed by atoms with Gasteiger partial charge in [-0.05, 0) is 35.2 Å². The van der Waals surface area contributed by atoms with Crippen molar-refractivity contribution >= 4 is 11.3 Å². The van der Waals surface area contributed by atoms with Crippen molar-refractivity contribution in [2.24, 2.45) is 5.84 Å². The average molecular weight is 300 g/mol. The summed E-state index contributed by atoms with van der Waals surface area (Å²) in [6, 6.07) is 1.60. The monoisotopic (exact) mass is 300 g/mol. The maximum atomic E-state index is 12.6. The van der Waals surface area contributed by atoms with Gasteiger partial charge in [0.2, 0.25) is 0 Å². The Morgan fingerprint density at radius 1 is 1.42 bits per heavy atom. The number of alkyl halides is 4. The summed E-state index contributed by atoms with van der Waals surface area (Å²) in [6.07, 6.45) is -2.43. The molecule has 1 rings (SSSR count). The lowest BCUT2D eigenvalue weighted by molar-refractivity contribution is -0.167. The molecule has 0 fully saturated rings. The van der Waals surface area contributed by atoms with Crippen LogP contribution in [0.25, 0.3) is 0 Å². The van der Waals surface area contributed by atoms with Crippen LogP contribution in [0.5, 0.6) is 0 Å². The first-order valence-corrected chi connectivity index (χ1v) is 6.61. The van der Waals surface area contributed by atoms with Crippen LogP contribution >= 0.6 is 11.3 Å². The van der Waals surface area contributed by atoms with Gasteiger partial charge in [0, 0.05) is 6.04 Å². The van der Waals surface area contributed by atoms with Crippen LogP contribution in [-0.4, -0.2) is 31.6 Å². The lowest BCUT2D eigenvalue weighted by Crippen LogP contribution is -2.41. The number of hydrogen-bond donors (Lipinski definition) is 2. The first-order valence-electron chi connectivity index (χ1n) is 5.66.